The normalized spacial score (nSPS) is 10.2. The molecule has 0 aliphatic heterocycles. The van der Waals surface area contributed by atoms with E-state index >= 15 is 0 Å². The molecule has 1 amide bonds. The molecule has 0 aromatic heterocycles. The van der Waals surface area contributed by atoms with Crippen LogP contribution in [0.5, 0.6) is 0 Å². The molecular weight excluding hydrogens is 356 g/mol. The van der Waals surface area contributed by atoms with Gasteiger partial charge in [-0.15, -0.1) is 0 Å². The van der Waals surface area contributed by atoms with Crippen molar-refractivity contribution in [3.05, 3.63) is 63.5 Å². The summed E-state index contributed by atoms with van der Waals surface area (Å²) < 4.78 is 13.8. The number of nitrogens with one attached hydrogen (secondary N) is 1. The number of benzene rings is 2. The number of hydrogen-bond acceptors (Lipinski definition) is 1. The molecule has 0 unspecified atom stereocenters. The first-order valence-corrected chi connectivity index (χ1v) is 7.02. The molecule has 2 nitrogen and oxygen atoms in total. The highest BCUT2D eigenvalue weighted by Crippen LogP contribution is 2.21. The second-order valence-electron chi connectivity index (χ2n) is 4.14. The van der Waals surface area contributed by atoms with E-state index in [4.69, 9.17) is 0 Å². The largest absolute Gasteiger partial charge is 0.325 e. The van der Waals surface area contributed by atoms with Crippen LogP contribution in [-0.4, -0.2) is 5.91 Å². The first-order chi connectivity index (χ1) is 9.16. The number of hydrogen-bond donors (Lipinski definition) is 1. The molecule has 0 radical (unpaired) electrons. The Hall–Kier alpha value is -1.43. The number of aryl methyl sites for hydroxylation is 1. The van der Waals surface area contributed by atoms with Gasteiger partial charge < -0.3 is 5.32 Å². The lowest BCUT2D eigenvalue weighted by molar-refractivity contribution is -0.116. The average molecular weight is 369 g/mol. The third-order valence-corrected chi connectivity index (χ3v) is 3.81. The van der Waals surface area contributed by atoms with Crippen molar-refractivity contribution in [1.82, 2.24) is 0 Å². The van der Waals surface area contributed by atoms with Gasteiger partial charge in [0.15, 0.2) is 0 Å². The van der Waals surface area contributed by atoms with E-state index in [2.05, 4.69) is 5.32 Å². The van der Waals surface area contributed by atoms with Gasteiger partial charge in [-0.05, 0) is 46.7 Å². The van der Waals surface area contributed by atoms with Crippen molar-refractivity contribution < 1.29 is 9.18 Å². The topological polar surface area (TPSA) is 29.1 Å². The lowest BCUT2D eigenvalue weighted by Crippen LogP contribution is -2.13. The summed E-state index contributed by atoms with van der Waals surface area (Å²) in [5.74, 6) is -0.422. The monoisotopic (exact) mass is 369 g/mol. The fraction of sp³-hybridized carbons (Fsp3) is 0.133. The van der Waals surface area contributed by atoms with Gasteiger partial charge in [0.25, 0.3) is 0 Å². The Labute approximate surface area is 125 Å². The quantitative estimate of drug-likeness (QED) is 0.811. The molecule has 98 valence electrons. The smallest absolute Gasteiger partial charge is 0.224 e. The summed E-state index contributed by atoms with van der Waals surface area (Å²) in [6.07, 6.45) is 1.06. The maximum Gasteiger partial charge on any atom is 0.224 e. The zero-order chi connectivity index (χ0) is 13.7. The molecule has 2 aromatic carbocycles. The third kappa shape index (κ3) is 4.02. The van der Waals surface area contributed by atoms with Crippen LogP contribution < -0.4 is 5.32 Å². The summed E-state index contributed by atoms with van der Waals surface area (Å²) in [5.41, 5.74) is 1.64. The van der Waals surface area contributed by atoms with E-state index in [-0.39, 0.29) is 11.7 Å². The second kappa shape index (κ2) is 6.65. The molecular formula is C15H13FINO. The summed E-state index contributed by atoms with van der Waals surface area (Å²) in [6.45, 7) is 0. The molecule has 0 atom stereocenters. The van der Waals surface area contributed by atoms with Gasteiger partial charge in [0, 0.05) is 6.42 Å². The fourth-order valence-corrected chi connectivity index (χ4v) is 2.21. The molecule has 0 bridgehead atoms. The molecule has 0 saturated carbocycles. The van der Waals surface area contributed by atoms with Gasteiger partial charge in [-0.25, -0.2) is 4.39 Å². The number of amides is 1. The van der Waals surface area contributed by atoms with Crippen molar-refractivity contribution in [2.75, 3.05) is 5.32 Å². The van der Waals surface area contributed by atoms with Crippen molar-refractivity contribution in [2.45, 2.75) is 12.8 Å². The highest BCUT2D eigenvalue weighted by Gasteiger charge is 2.08. The van der Waals surface area contributed by atoms with Gasteiger partial charge in [0.1, 0.15) is 5.82 Å². The number of anilines is 1. The molecule has 0 heterocycles. The number of halogens is 2. The van der Waals surface area contributed by atoms with Gasteiger partial charge in [0.2, 0.25) is 5.91 Å². The number of carbonyl (C=O) groups excluding carboxylic acids is 1. The van der Waals surface area contributed by atoms with Crippen LogP contribution in [0.4, 0.5) is 10.1 Å². The minimum atomic E-state index is -0.318. The molecule has 2 rings (SSSR count). The van der Waals surface area contributed by atoms with Crippen LogP contribution in [0, 0.1) is 9.39 Å². The predicted octanol–water partition coefficient (Wildman–Crippen LogP) is 4.00. The molecule has 4 heteroatoms. The van der Waals surface area contributed by atoms with Gasteiger partial charge in [-0.2, -0.15) is 0 Å². The first kappa shape index (κ1) is 14.0. The zero-order valence-corrected chi connectivity index (χ0v) is 12.4. The summed E-state index contributed by atoms with van der Waals surface area (Å²) in [5, 5.41) is 2.73. The highest BCUT2D eigenvalue weighted by atomic mass is 127. The summed E-state index contributed by atoms with van der Waals surface area (Å²) in [4.78, 5) is 11.8. The van der Waals surface area contributed by atoms with Gasteiger partial charge in [-0.1, -0.05) is 36.4 Å². The summed E-state index contributed by atoms with van der Waals surface area (Å²) in [6, 6.07) is 14.5. The minimum absolute atomic E-state index is 0.104. The lowest BCUT2D eigenvalue weighted by atomic mass is 10.1. The molecule has 2 aromatic rings. The molecule has 1 N–H and O–H groups in total. The Morgan fingerprint density at radius 2 is 1.84 bits per heavy atom. The van der Waals surface area contributed by atoms with Gasteiger partial charge in [-0.3, -0.25) is 4.79 Å². The van der Waals surface area contributed by atoms with Gasteiger partial charge >= 0.3 is 0 Å². The minimum Gasteiger partial charge on any atom is -0.325 e. The molecule has 0 aliphatic rings. The SMILES string of the molecule is O=C(CCc1ccccc1)Nc1cccc(F)c1I. The lowest BCUT2D eigenvalue weighted by Gasteiger charge is -2.07. The molecule has 0 aliphatic carbocycles. The van der Waals surface area contributed by atoms with Crippen molar-refractivity contribution in [3.63, 3.8) is 0 Å². The van der Waals surface area contributed by atoms with Crippen molar-refractivity contribution in [3.8, 4) is 0 Å². The first-order valence-electron chi connectivity index (χ1n) is 5.94. The number of carbonyl (C=O) groups is 1. The molecule has 0 fully saturated rings. The van der Waals surface area contributed by atoms with Crippen LogP contribution in [0.15, 0.2) is 48.5 Å². The summed E-state index contributed by atoms with van der Waals surface area (Å²) >= 11 is 1.89. The average Bonchev–Trinajstić information content (AvgIpc) is 2.43. The Morgan fingerprint density at radius 1 is 1.11 bits per heavy atom. The Balaban J connectivity index is 1.93. The number of rotatable bonds is 4. The van der Waals surface area contributed by atoms with Crippen LogP contribution in [0.1, 0.15) is 12.0 Å². The maximum absolute atomic E-state index is 13.3. The predicted molar refractivity (Wildman–Crippen MR) is 82.5 cm³/mol. The van der Waals surface area contributed by atoms with Crippen LogP contribution in [0.25, 0.3) is 0 Å². The molecule has 0 saturated heterocycles. The third-order valence-electron chi connectivity index (χ3n) is 2.71. The van der Waals surface area contributed by atoms with E-state index in [9.17, 15) is 9.18 Å². The van der Waals surface area contributed by atoms with Crippen molar-refractivity contribution in [1.29, 1.82) is 0 Å². The Morgan fingerprint density at radius 3 is 2.58 bits per heavy atom. The van der Waals surface area contributed by atoms with Crippen molar-refractivity contribution in [2.24, 2.45) is 0 Å². The van der Waals surface area contributed by atoms with Crippen molar-refractivity contribution >= 4 is 34.2 Å². The standard InChI is InChI=1S/C15H13FINO/c16-12-7-4-8-13(15(12)17)18-14(19)10-9-11-5-2-1-3-6-11/h1-8H,9-10H2,(H,18,19). The zero-order valence-electron chi connectivity index (χ0n) is 10.2. The van der Waals surface area contributed by atoms with E-state index in [1.54, 1.807) is 12.1 Å². The van der Waals surface area contributed by atoms with Gasteiger partial charge in [0.05, 0.1) is 9.26 Å². The van der Waals surface area contributed by atoms with Crippen LogP contribution in [0.2, 0.25) is 0 Å². The van der Waals surface area contributed by atoms with E-state index in [0.29, 0.717) is 22.1 Å². The fourth-order valence-electron chi connectivity index (χ4n) is 1.72. The summed E-state index contributed by atoms with van der Waals surface area (Å²) in [7, 11) is 0. The Bertz CT molecular complexity index is 572. The van der Waals surface area contributed by atoms with E-state index < -0.39 is 0 Å². The van der Waals surface area contributed by atoms with E-state index in [0.717, 1.165) is 5.56 Å². The second-order valence-corrected chi connectivity index (χ2v) is 5.21. The van der Waals surface area contributed by atoms with Crippen LogP contribution >= 0.6 is 22.6 Å². The molecule has 0 spiro atoms. The maximum atomic E-state index is 13.3. The Kier molecular flexibility index (Phi) is 4.90. The highest BCUT2D eigenvalue weighted by molar-refractivity contribution is 14.1. The van der Waals surface area contributed by atoms with E-state index in [1.165, 1.54) is 6.07 Å². The van der Waals surface area contributed by atoms with Crippen LogP contribution in [0.3, 0.4) is 0 Å². The van der Waals surface area contributed by atoms with Crippen LogP contribution in [-0.2, 0) is 11.2 Å². The molecule has 19 heavy (non-hydrogen) atoms. The van der Waals surface area contributed by atoms with E-state index in [1.807, 2.05) is 52.9 Å².